The Kier molecular flexibility index (Phi) is 5.82. The molecule has 1 heterocycles. The Morgan fingerprint density at radius 3 is 2.68 bits per heavy atom. The van der Waals surface area contributed by atoms with Gasteiger partial charge < -0.3 is 10.6 Å². The van der Waals surface area contributed by atoms with Crippen molar-refractivity contribution in [3.8, 4) is 0 Å². The molecule has 19 heavy (non-hydrogen) atoms. The van der Waals surface area contributed by atoms with Crippen molar-refractivity contribution in [3.63, 3.8) is 0 Å². The SMILES string of the molecule is O=C(CNCCc1ccncc1)NC1CCCCC1. The van der Waals surface area contributed by atoms with Gasteiger partial charge in [0.15, 0.2) is 0 Å². The quantitative estimate of drug-likeness (QED) is 0.766. The molecule has 2 rings (SSSR count). The maximum atomic E-state index is 11.7. The van der Waals surface area contributed by atoms with Gasteiger partial charge in [0.2, 0.25) is 5.91 Å². The van der Waals surface area contributed by atoms with E-state index >= 15 is 0 Å². The molecule has 0 atom stereocenters. The van der Waals surface area contributed by atoms with E-state index in [0.717, 1.165) is 25.8 Å². The minimum Gasteiger partial charge on any atom is -0.352 e. The fourth-order valence-corrected chi connectivity index (χ4v) is 2.51. The first kappa shape index (κ1) is 14.0. The summed E-state index contributed by atoms with van der Waals surface area (Å²) in [5.74, 6) is 0.127. The van der Waals surface area contributed by atoms with Crippen LogP contribution in [0.5, 0.6) is 0 Å². The third-order valence-electron chi connectivity index (χ3n) is 3.60. The number of aromatic nitrogens is 1. The van der Waals surface area contributed by atoms with E-state index in [-0.39, 0.29) is 5.91 Å². The van der Waals surface area contributed by atoms with E-state index in [1.807, 2.05) is 12.1 Å². The number of nitrogens with one attached hydrogen (secondary N) is 2. The molecule has 0 spiro atoms. The van der Waals surface area contributed by atoms with Gasteiger partial charge in [0, 0.05) is 18.4 Å². The number of hydrogen-bond donors (Lipinski definition) is 2. The Morgan fingerprint density at radius 1 is 1.21 bits per heavy atom. The minimum atomic E-state index is 0.127. The second-order valence-corrected chi connectivity index (χ2v) is 5.18. The third kappa shape index (κ3) is 5.39. The first-order chi connectivity index (χ1) is 9.34. The van der Waals surface area contributed by atoms with Crippen molar-refractivity contribution in [2.24, 2.45) is 0 Å². The lowest BCUT2D eigenvalue weighted by Gasteiger charge is -2.22. The number of carbonyl (C=O) groups is 1. The van der Waals surface area contributed by atoms with Crippen molar-refractivity contribution in [2.45, 2.75) is 44.6 Å². The van der Waals surface area contributed by atoms with Gasteiger partial charge in [-0.15, -0.1) is 0 Å². The van der Waals surface area contributed by atoms with Crippen molar-refractivity contribution in [3.05, 3.63) is 30.1 Å². The second-order valence-electron chi connectivity index (χ2n) is 5.18. The van der Waals surface area contributed by atoms with Gasteiger partial charge in [0.05, 0.1) is 6.54 Å². The van der Waals surface area contributed by atoms with Crippen LogP contribution in [0.25, 0.3) is 0 Å². The molecule has 4 nitrogen and oxygen atoms in total. The topological polar surface area (TPSA) is 54.0 Å². The van der Waals surface area contributed by atoms with Crippen LogP contribution >= 0.6 is 0 Å². The van der Waals surface area contributed by atoms with Gasteiger partial charge in [0.25, 0.3) is 0 Å². The molecule has 1 amide bonds. The zero-order valence-electron chi connectivity index (χ0n) is 11.4. The number of hydrogen-bond acceptors (Lipinski definition) is 3. The first-order valence-electron chi connectivity index (χ1n) is 7.23. The van der Waals surface area contributed by atoms with E-state index in [9.17, 15) is 4.79 Å². The van der Waals surface area contributed by atoms with Gasteiger partial charge >= 0.3 is 0 Å². The summed E-state index contributed by atoms with van der Waals surface area (Å²) in [5, 5.41) is 6.30. The Bertz CT molecular complexity index is 374. The molecular weight excluding hydrogens is 238 g/mol. The van der Waals surface area contributed by atoms with Gasteiger partial charge in [0.1, 0.15) is 0 Å². The van der Waals surface area contributed by atoms with Crippen LogP contribution in [0.4, 0.5) is 0 Å². The van der Waals surface area contributed by atoms with E-state index in [4.69, 9.17) is 0 Å². The molecule has 0 bridgehead atoms. The lowest BCUT2D eigenvalue weighted by Crippen LogP contribution is -2.41. The molecule has 0 aliphatic heterocycles. The average Bonchev–Trinajstić information content (AvgIpc) is 2.46. The van der Waals surface area contributed by atoms with Crippen molar-refractivity contribution >= 4 is 5.91 Å². The largest absolute Gasteiger partial charge is 0.352 e. The number of nitrogens with zero attached hydrogens (tertiary/aromatic N) is 1. The second kappa shape index (κ2) is 7.89. The highest BCUT2D eigenvalue weighted by Crippen LogP contribution is 2.16. The highest BCUT2D eigenvalue weighted by Gasteiger charge is 2.14. The zero-order chi connectivity index (χ0) is 13.3. The number of carbonyl (C=O) groups excluding carboxylic acids is 1. The van der Waals surface area contributed by atoms with Crippen molar-refractivity contribution < 1.29 is 4.79 Å². The Labute approximate surface area is 115 Å². The Balaban J connectivity index is 1.56. The van der Waals surface area contributed by atoms with Gasteiger partial charge in [-0.25, -0.2) is 0 Å². The summed E-state index contributed by atoms with van der Waals surface area (Å²) < 4.78 is 0. The van der Waals surface area contributed by atoms with Crippen LogP contribution in [0.1, 0.15) is 37.7 Å². The lowest BCUT2D eigenvalue weighted by atomic mass is 9.95. The fourth-order valence-electron chi connectivity index (χ4n) is 2.51. The van der Waals surface area contributed by atoms with Gasteiger partial charge in [-0.05, 0) is 43.5 Å². The van der Waals surface area contributed by atoms with Gasteiger partial charge in [-0.3, -0.25) is 9.78 Å². The molecule has 0 unspecified atom stereocenters. The number of pyridine rings is 1. The molecule has 4 heteroatoms. The van der Waals surface area contributed by atoms with Crippen molar-refractivity contribution in [1.82, 2.24) is 15.6 Å². The molecule has 104 valence electrons. The highest BCUT2D eigenvalue weighted by molar-refractivity contribution is 5.78. The smallest absolute Gasteiger partial charge is 0.234 e. The summed E-state index contributed by atoms with van der Waals surface area (Å²) in [6.07, 6.45) is 10.6. The van der Waals surface area contributed by atoms with Crippen LogP contribution in [-0.4, -0.2) is 30.0 Å². The summed E-state index contributed by atoms with van der Waals surface area (Å²) >= 11 is 0. The molecule has 2 N–H and O–H groups in total. The average molecular weight is 261 g/mol. The van der Waals surface area contributed by atoms with Crippen LogP contribution in [-0.2, 0) is 11.2 Å². The fraction of sp³-hybridized carbons (Fsp3) is 0.600. The molecule has 1 fully saturated rings. The number of rotatable bonds is 6. The van der Waals surface area contributed by atoms with E-state index < -0.39 is 0 Å². The van der Waals surface area contributed by atoms with Gasteiger partial charge in [-0.2, -0.15) is 0 Å². The Morgan fingerprint density at radius 2 is 1.95 bits per heavy atom. The molecular formula is C15H23N3O. The predicted molar refractivity (Wildman–Crippen MR) is 75.8 cm³/mol. The van der Waals surface area contributed by atoms with Crippen LogP contribution in [0, 0.1) is 0 Å². The first-order valence-corrected chi connectivity index (χ1v) is 7.23. The zero-order valence-corrected chi connectivity index (χ0v) is 11.4. The third-order valence-corrected chi connectivity index (χ3v) is 3.60. The van der Waals surface area contributed by atoms with Gasteiger partial charge in [-0.1, -0.05) is 19.3 Å². The minimum absolute atomic E-state index is 0.127. The normalized spacial score (nSPS) is 16.2. The molecule has 1 aromatic rings. The monoisotopic (exact) mass is 261 g/mol. The summed E-state index contributed by atoms with van der Waals surface area (Å²) in [4.78, 5) is 15.7. The number of amides is 1. The van der Waals surface area contributed by atoms with Crippen molar-refractivity contribution in [2.75, 3.05) is 13.1 Å². The van der Waals surface area contributed by atoms with Crippen LogP contribution < -0.4 is 10.6 Å². The van der Waals surface area contributed by atoms with Crippen LogP contribution in [0.3, 0.4) is 0 Å². The van der Waals surface area contributed by atoms with Crippen molar-refractivity contribution in [1.29, 1.82) is 0 Å². The predicted octanol–water partition coefficient (Wildman–Crippen LogP) is 1.66. The van der Waals surface area contributed by atoms with E-state index in [1.165, 1.54) is 24.8 Å². The van der Waals surface area contributed by atoms with Crippen LogP contribution in [0.15, 0.2) is 24.5 Å². The van der Waals surface area contributed by atoms with E-state index in [1.54, 1.807) is 12.4 Å². The molecule has 1 aliphatic carbocycles. The van der Waals surface area contributed by atoms with Crippen LogP contribution in [0.2, 0.25) is 0 Å². The standard InChI is InChI=1S/C15H23N3O/c19-15(18-14-4-2-1-3-5-14)12-17-11-8-13-6-9-16-10-7-13/h6-7,9-10,14,17H,1-5,8,11-12H2,(H,18,19). The van der Waals surface area contributed by atoms with E-state index in [2.05, 4.69) is 15.6 Å². The summed E-state index contributed by atoms with van der Waals surface area (Å²) in [7, 11) is 0. The maximum Gasteiger partial charge on any atom is 0.234 e. The lowest BCUT2D eigenvalue weighted by molar-refractivity contribution is -0.121. The van der Waals surface area contributed by atoms with E-state index in [0.29, 0.717) is 12.6 Å². The maximum absolute atomic E-state index is 11.7. The molecule has 0 radical (unpaired) electrons. The highest BCUT2D eigenvalue weighted by atomic mass is 16.1. The summed E-state index contributed by atoms with van der Waals surface area (Å²) in [6.45, 7) is 1.24. The molecule has 1 saturated carbocycles. The summed E-state index contributed by atoms with van der Waals surface area (Å²) in [5.41, 5.74) is 1.25. The molecule has 0 saturated heterocycles. The molecule has 0 aromatic carbocycles. The Hall–Kier alpha value is -1.42. The molecule has 1 aliphatic rings. The molecule has 1 aromatic heterocycles. The summed E-state index contributed by atoms with van der Waals surface area (Å²) in [6, 6.07) is 4.41.